The van der Waals surface area contributed by atoms with Gasteiger partial charge in [-0.25, -0.2) is 4.79 Å². The molecular formula is C11H14N2O3S. The first-order valence-electron chi connectivity index (χ1n) is 5.51. The summed E-state index contributed by atoms with van der Waals surface area (Å²) in [6, 6.07) is 3.22. The van der Waals surface area contributed by atoms with E-state index in [1.165, 1.54) is 6.07 Å². The summed E-state index contributed by atoms with van der Waals surface area (Å²) in [5, 5.41) is 14.9. The minimum Gasteiger partial charge on any atom is -0.477 e. The van der Waals surface area contributed by atoms with Crippen LogP contribution in [0.4, 0.5) is 0 Å². The normalized spacial score (nSPS) is 16.7. The molecule has 1 aliphatic rings. The van der Waals surface area contributed by atoms with Crippen LogP contribution >= 0.6 is 11.3 Å². The van der Waals surface area contributed by atoms with Gasteiger partial charge in [0.1, 0.15) is 4.88 Å². The van der Waals surface area contributed by atoms with Gasteiger partial charge in [0.15, 0.2) is 0 Å². The molecule has 92 valence electrons. The highest BCUT2D eigenvalue weighted by atomic mass is 32.1. The standard InChI is InChI=1S/C11H14N2O3S/c14-10(13-7-3-5-12-6-4-7)8-1-2-9(17-8)11(15)16/h1-2,7,12H,3-6H2,(H,13,14)(H,15,16). The predicted octanol–water partition coefficient (Wildman–Crippen LogP) is 0.928. The first kappa shape index (κ1) is 12.1. The monoisotopic (exact) mass is 254 g/mol. The number of aromatic carboxylic acids is 1. The van der Waals surface area contributed by atoms with E-state index < -0.39 is 5.97 Å². The fourth-order valence-electron chi connectivity index (χ4n) is 1.80. The topological polar surface area (TPSA) is 78.4 Å². The Morgan fingerprint density at radius 2 is 1.94 bits per heavy atom. The Morgan fingerprint density at radius 3 is 2.53 bits per heavy atom. The zero-order valence-corrected chi connectivity index (χ0v) is 10.0. The minimum atomic E-state index is -0.990. The van der Waals surface area contributed by atoms with E-state index in [0.29, 0.717) is 4.88 Å². The summed E-state index contributed by atoms with van der Waals surface area (Å²) in [5.41, 5.74) is 0. The van der Waals surface area contributed by atoms with Crippen LogP contribution in [-0.2, 0) is 0 Å². The molecule has 1 aromatic heterocycles. The maximum atomic E-state index is 11.8. The molecule has 2 heterocycles. The second-order valence-electron chi connectivity index (χ2n) is 3.97. The van der Waals surface area contributed by atoms with Crippen LogP contribution in [0, 0.1) is 0 Å². The van der Waals surface area contributed by atoms with Gasteiger partial charge in [0.25, 0.3) is 5.91 Å². The zero-order valence-electron chi connectivity index (χ0n) is 9.23. The molecule has 0 aliphatic carbocycles. The number of carboxylic acid groups (broad SMARTS) is 1. The molecule has 6 heteroatoms. The molecule has 0 atom stereocenters. The predicted molar refractivity (Wildman–Crippen MR) is 64.6 cm³/mol. The fraction of sp³-hybridized carbons (Fsp3) is 0.455. The van der Waals surface area contributed by atoms with Crippen LogP contribution in [0.25, 0.3) is 0 Å². The Kier molecular flexibility index (Phi) is 3.75. The highest BCUT2D eigenvalue weighted by Gasteiger charge is 2.18. The van der Waals surface area contributed by atoms with Crippen molar-refractivity contribution < 1.29 is 14.7 Å². The van der Waals surface area contributed by atoms with Gasteiger partial charge >= 0.3 is 5.97 Å². The van der Waals surface area contributed by atoms with Gasteiger partial charge in [0.2, 0.25) is 0 Å². The first-order chi connectivity index (χ1) is 8.16. The number of hydrogen-bond donors (Lipinski definition) is 3. The van der Waals surface area contributed by atoms with E-state index in [-0.39, 0.29) is 16.8 Å². The van der Waals surface area contributed by atoms with Gasteiger partial charge in [-0.15, -0.1) is 11.3 Å². The quantitative estimate of drug-likeness (QED) is 0.749. The van der Waals surface area contributed by atoms with Crippen molar-refractivity contribution in [1.82, 2.24) is 10.6 Å². The molecule has 0 radical (unpaired) electrons. The molecule has 17 heavy (non-hydrogen) atoms. The average Bonchev–Trinajstić information content (AvgIpc) is 2.79. The molecule has 2 rings (SSSR count). The number of rotatable bonds is 3. The summed E-state index contributed by atoms with van der Waals surface area (Å²) in [6.45, 7) is 1.82. The number of hydrogen-bond acceptors (Lipinski definition) is 4. The molecule has 0 unspecified atom stereocenters. The van der Waals surface area contributed by atoms with Crippen molar-refractivity contribution in [2.45, 2.75) is 18.9 Å². The number of carboxylic acids is 1. The number of thiophene rings is 1. The van der Waals surface area contributed by atoms with E-state index in [4.69, 9.17) is 5.11 Å². The van der Waals surface area contributed by atoms with Crippen molar-refractivity contribution in [3.05, 3.63) is 21.9 Å². The van der Waals surface area contributed by atoms with E-state index in [2.05, 4.69) is 10.6 Å². The Hall–Kier alpha value is -1.40. The zero-order chi connectivity index (χ0) is 12.3. The molecule has 1 amide bonds. The SMILES string of the molecule is O=C(O)c1ccc(C(=O)NC2CCNCC2)s1. The van der Waals surface area contributed by atoms with Crippen LogP contribution in [0.15, 0.2) is 12.1 Å². The molecule has 5 nitrogen and oxygen atoms in total. The summed E-state index contributed by atoms with van der Waals surface area (Å²) in [6.07, 6.45) is 1.84. The van der Waals surface area contributed by atoms with E-state index in [9.17, 15) is 9.59 Å². The molecule has 0 saturated carbocycles. The number of amides is 1. The van der Waals surface area contributed by atoms with Crippen LogP contribution in [-0.4, -0.2) is 36.1 Å². The van der Waals surface area contributed by atoms with E-state index in [0.717, 1.165) is 37.3 Å². The van der Waals surface area contributed by atoms with Gasteiger partial charge in [0, 0.05) is 6.04 Å². The van der Waals surface area contributed by atoms with E-state index in [1.807, 2.05) is 0 Å². The molecule has 3 N–H and O–H groups in total. The molecule has 1 fully saturated rings. The number of carbonyl (C=O) groups excluding carboxylic acids is 1. The third-order valence-electron chi connectivity index (χ3n) is 2.71. The van der Waals surface area contributed by atoms with Crippen molar-refractivity contribution >= 4 is 23.2 Å². The molecule has 0 bridgehead atoms. The van der Waals surface area contributed by atoms with Crippen LogP contribution in [0.3, 0.4) is 0 Å². The van der Waals surface area contributed by atoms with Gasteiger partial charge in [-0.3, -0.25) is 4.79 Å². The molecule has 1 saturated heterocycles. The van der Waals surface area contributed by atoms with Gasteiger partial charge < -0.3 is 15.7 Å². The van der Waals surface area contributed by atoms with Gasteiger partial charge in [-0.05, 0) is 38.1 Å². The molecule has 0 aromatic carbocycles. The Bertz CT molecular complexity index is 424. The molecule has 1 aliphatic heterocycles. The van der Waals surface area contributed by atoms with Gasteiger partial charge in [0.05, 0.1) is 4.88 Å². The lowest BCUT2D eigenvalue weighted by molar-refractivity contribution is 0.0702. The largest absolute Gasteiger partial charge is 0.477 e. The van der Waals surface area contributed by atoms with Gasteiger partial charge in [-0.2, -0.15) is 0 Å². The Balaban J connectivity index is 1.96. The fourth-order valence-corrected chi connectivity index (χ4v) is 2.55. The third-order valence-corrected chi connectivity index (χ3v) is 3.79. The summed E-state index contributed by atoms with van der Waals surface area (Å²) >= 11 is 1.01. The molecular weight excluding hydrogens is 240 g/mol. The smallest absolute Gasteiger partial charge is 0.345 e. The lowest BCUT2D eigenvalue weighted by Gasteiger charge is -2.23. The van der Waals surface area contributed by atoms with Crippen molar-refractivity contribution in [2.75, 3.05) is 13.1 Å². The maximum Gasteiger partial charge on any atom is 0.345 e. The van der Waals surface area contributed by atoms with E-state index >= 15 is 0 Å². The van der Waals surface area contributed by atoms with Crippen LogP contribution in [0.5, 0.6) is 0 Å². The average molecular weight is 254 g/mol. The Labute approximate surface area is 103 Å². The number of piperidine rings is 1. The summed E-state index contributed by atoms with van der Waals surface area (Å²) in [5.74, 6) is -1.16. The summed E-state index contributed by atoms with van der Waals surface area (Å²) < 4.78 is 0. The first-order valence-corrected chi connectivity index (χ1v) is 6.33. The van der Waals surface area contributed by atoms with Crippen LogP contribution in [0.1, 0.15) is 32.2 Å². The van der Waals surface area contributed by atoms with Crippen LogP contribution in [0.2, 0.25) is 0 Å². The second kappa shape index (κ2) is 5.29. The lowest BCUT2D eigenvalue weighted by atomic mass is 10.1. The van der Waals surface area contributed by atoms with Crippen LogP contribution < -0.4 is 10.6 Å². The number of nitrogens with one attached hydrogen (secondary N) is 2. The second-order valence-corrected chi connectivity index (χ2v) is 5.05. The highest BCUT2D eigenvalue weighted by Crippen LogP contribution is 2.17. The highest BCUT2D eigenvalue weighted by molar-refractivity contribution is 7.15. The minimum absolute atomic E-state index is 0.172. The van der Waals surface area contributed by atoms with Crippen molar-refractivity contribution in [3.8, 4) is 0 Å². The summed E-state index contributed by atoms with van der Waals surface area (Å²) in [4.78, 5) is 23.2. The molecule has 1 aromatic rings. The van der Waals surface area contributed by atoms with Crippen molar-refractivity contribution in [2.24, 2.45) is 0 Å². The summed E-state index contributed by atoms with van der Waals surface area (Å²) in [7, 11) is 0. The Morgan fingerprint density at radius 1 is 1.29 bits per heavy atom. The third kappa shape index (κ3) is 3.04. The van der Waals surface area contributed by atoms with Crippen molar-refractivity contribution in [1.29, 1.82) is 0 Å². The van der Waals surface area contributed by atoms with Crippen molar-refractivity contribution in [3.63, 3.8) is 0 Å². The maximum absolute atomic E-state index is 11.8. The number of carbonyl (C=O) groups is 2. The lowest BCUT2D eigenvalue weighted by Crippen LogP contribution is -2.42. The van der Waals surface area contributed by atoms with Gasteiger partial charge in [-0.1, -0.05) is 0 Å². The van der Waals surface area contributed by atoms with E-state index in [1.54, 1.807) is 6.07 Å². The molecule has 0 spiro atoms.